The number of nitrogen functional groups attached to an aromatic ring is 1. The average Bonchev–Trinajstić information content (AvgIpc) is 2.69. The topological polar surface area (TPSA) is 29.3 Å². The van der Waals surface area contributed by atoms with E-state index in [2.05, 4.69) is 0 Å². The lowest BCUT2D eigenvalue weighted by molar-refractivity contribution is 0.620. The van der Waals surface area contributed by atoms with Crippen LogP contribution in [-0.2, 0) is 6.54 Å². The Labute approximate surface area is 128 Å². The number of rotatable bonds is 3. The smallest absolute Gasteiger partial charge is 0.138 e. The van der Waals surface area contributed by atoms with Gasteiger partial charge in [0, 0.05) is 18.0 Å². The van der Waals surface area contributed by atoms with Crippen LogP contribution < -0.4 is 10.6 Å². The first-order valence-corrected chi connectivity index (χ1v) is 7.44. The number of nitrogens with zero attached hydrogens (tertiary/aromatic N) is 1. The first-order chi connectivity index (χ1) is 8.47. The van der Waals surface area contributed by atoms with Crippen LogP contribution in [0.5, 0.6) is 0 Å². The van der Waals surface area contributed by atoms with Gasteiger partial charge in [-0.1, -0.05) is 11.6 Å². The summed E-state index contributed by atoms with van der Waals surface area (Å²) in [5, 5.41) is 0. The second-order valence-corrected chi connectivity index (χ2v) is 6.85. The molecule has 0 aliphatic rings. The van der Waals surface area contributed by atoms with E-state index in [0.29, 0.717) is 21.5 Å². The third-order valence-corrected chi connectivity index (χ3v) is 4.55. The fraction of sp³-hybridized carbons (Fsp3) is 0.167. The van der Waals surface area contributed by atoms with E-state index >= 15 is 0 Å². The molecule has 1 heterocycles. The van der Waals surface area contributed by atoms with Crippen LogP contribution in [0, 0.1) is 9.39 Å². The minimum Gasteiger partial charge on any atom is -0.397 e. The molecule has 1 aromatic carbocycles. The van der Waals surface area contributed by atoms with Gasteiger partial charge in [0.15, 0.2) is 0 Å². The van der Waals surface area contributed by atoms with Crippen LogP contribution >= 0.6 is 45.5 Å². The van der Waals surface area contributed by atoms with E-state index in [1.54, 1.807) is 6.07 Å². The summed E-state index contributed by atoms with van der Waals surface area (Å²) < 4.78 is 14.8. The van der Waals surface area contributed by atoms with E-state index in [1.165, 1.54) is 17.4 Å². The number of nitrogens with two attached hydrogens (primary N) is 1. The number of hydrogen-bond acceptors (Lipinski definition) is 3. The maximum Gasteiger partial charge on any atom is 0.138 e. The summed E-state index contributed by atoms with van der Waals surface area (Å²) in [5.74, 6) is -0.254. The SMILES string of the molecule is CN(Cc1ccc(Cl)s1)c1cc(F)c(I)cc1N. The van der Waals surface area contributed by atoms with Crippen molar-refractivity contribution >= 4 is 56.9 Å². The van der Waals surface area contributed by atoms with Crippen LogP contribution in [0.2, 0.25) is 4.34 Å². The molecule has 0 aliphatic carbocycles. The number of anilines is 2. The predicted molar refractivity (Wildman–Crippen MR) is 85.0 cm³/mol. The minimum absolute atomic E-state index is 0.254. The molecule has 0 radical (unpaired) electrons. The van der Waals surface area contributed by atoms with Gasteiger partial charge in [0.1, 0.15) is 5.82 Å². The summed E-state index contributed by atoms with van der Waals surface area (Å²) in [7, 11) is 1.88. The van der Waals surface area contributed by atoms with Gasteiger partial charge in [0.2, 0.25) is 0 Å². The molecule has 2 aromatic rings. The van der Waals surface area contributed by atoms with Gasteiger partial charge < -0.3 is 10.6 Å². The molecule has 0 amide bonds. The first-order valence-electron chi connectivity index (χ1n) is 5.17. The summed E-state index contributed by atoms with van der Waals surface area (Å²) in [6.45, 7) is 0.654. The maximum atomic E-state index is 13.6. The molecule has 2 N–H and O–H groups in total. The molecule has 0 saturated heterocycles. The zero-order chi connectivity index (χ0) is 13.3. The Bertz CT molecular complexity index is 573. The second-order valence-electron chi connectivity index (χ2n) is 3.89. The highest BCUT2D eigenvalue weighted by Crippen LogP contribution is 2.29. The van der Waals surface area contributed by atoms with Crippen molar-refractivity contribution in [3.63, 3.8) is 0 Å². The van der Waals surface area contributed by atoms with E-state index < -0.39 is 0 Å². The number of benzene rings is 1. The van der Waals surface area contributed by atoms with Gasteiger partial charge in [-0.05, 0) is 40.8 Å². The van der Waals surface area contributed by atoms with Crippen molar-refractivity contribution in [3.05, 3.63) is 42.9 Å². The zero-order valence-corrected chi connectivity index (χ0v) is 13.3. The molecule has 0 atom stereocenters. The van der Waals surface area contributed by atoms with Crippen molar-refractivity contribution in [2.45, 2.75) is 6.54 Å². The number of halogens is 3. The van der Waals surface area contributed by atoms with Gasteiger partial charge in [0.25, 0.3) is 0 Å². The molecule has 0 bridgehead atoms. The summed E-state index contributed by atoms with van der Waals surface area (Å²) in [6, 6.07) is 6.92. The molecule has 0 unspecified atom stereocenters. The first kappa shape index (κ1) is 13.9. The van der Waals surface area contributed by atoms with E-state index in [9.17, 15) is 4.39 Å². The fourth-order valence-corrected chi connectivity index (χ4v) is 3.27. The third kappa shape index (κ3) is 3.07. The summed E-state index contributed by atoms with van der Waals surface area (Å²) in [5.41, 5.74) is 7.18. The number of hydrogen-bond donors (Lipinski definition) is 1. The van der Waals surface area contributed by atoms with Gasteiger partial charge in [-0.2, -0.15) is 0 Å². The lowest BCUT2D eigenvalue weighted by Crippen LogP contribution is -2.17. The van der Waals surface area contributed by atoms with Gasteiger partial charge in [0.05, 0.1) is 25.8 Å². The summed E-state index contributed by atoms with van der Waals surface area (Å²) >= 11 is 9.32. The lowest BCUT2D eigenvalue weighted by atomic mass is 10.2. The van der Waals surface area contributed by atoms with E-state index in [-0.39, 0.29) is 5.82 Å². The Kier molecular flexibility index (Phi) is 4.34. The molecule has 2 rings (SSSR count). The Morgan fingerprint density at radius 1 is 1.44 bits per heavy atom. The molecule has 96 valence electrons. The van der Waals surface area contributed by atoms with Crippen LogP contribution in [0.4, 0.5) is 15.8 Å². The van der Waals surface area contributed by atoms with Crippen molar-refractivity contribution in [3.8, 4) is 0 Å². The monoisotopic (exact) mass is 396 g/mol. The predicted octanol–water partition coefficient (Wildman–Crippen LogP) is 4.36. The molecule has 0 saturated carbocycles. The van der Waals surface area contributed by atoms with Crippen LogP contribution in [0.1, 0.15) is 4.88 Å². The largest absolute Gasteiger partial charge is 0.397 e. The minimum atomic E-state index is -0.254. The van der Waals surface area contributed by atoms with Crippen LogP contribution in [0.3, 0.4) is 0 Å². The van der Waals surface area contributed by atoms with E-state index in [4.69, 9.17) is 17.3 Å². The average molecular weight is 397 g/mol. The Hall–Kier alpha value is -0.530. The molecule has 1 aromatic heterocycles. The highest BCUT2D eigenvalue weighted by Gasteiger charge is 2.11. The number of thiophene rings is 1. The molecular weight excluding hydrogens is 386 g/mol. The molecule has 2 nitrogen and oxygen atoms in total. The summed E-state index contributed by atoms with van der Waals surface area (Å²) in [4.78, 5) is 3.03. The standard InChI is InChI=1S/C12H11ClFIN2S/c1-17(6-7-2-3-12(13)18-7)11-4-8(14)9(15)5-10(11)16/h2-5H,6,16H2,1H3. The molecule has 0 fully saturated rings. The van der Waals surface area contributed by atoms with Crippen molar-refractivity contribution in [2.24, 2.45) is 0 Å². The zero-order valence-electron chi connectivity index (χ0n) is 9.58. The Balaban J connectivity index is 2.23. The third-order valence-electron chi connectivity index (χ3n) is 2.50. The molecule has 18 heavy (non-hydrogen) atoms. The normalized spacial score (nSPS) is 10.7. The fourth-order valence-electron chi connectivity index (χ4n) is 1.64. The quantitative estimate of drug-likeness (QED) is 0.617. The second kappa shape index (κ2) is 5.63. The Morgan fingerprint density at radius 3 is 2.78 bits per heavy atom. The van der Waals surface area contributed by atoms with Gasteiger partial charge >= 0.3 is 0 Å². The van der Waals surface area contributed by atoms with Crippen molar-refractivity contribution in [2.75, 3.05) is 17.7 Å². The molecule has 0 spiro atoms. The molecule has 0 aliphatic heterocycles. The maximum absolute atomic E-state index is 13.6. The van der Waals surface area contributed by atoms with Gasteiger partial charge in [-0.25, -0.2) is 4.39 Å². The molecular formula is C12H11ClFIN2S. The van der Waals surface area contributed by atoms with Crippen LogP contribution in [0.15, 0.2) is 24.3 Å². The highest BCUT2D eigenvalue weighted by atomic mass is 127. The summed E-state index contributed by atoms with van der Waals surface area (Å²) in [6.07, 6.45) is 0. The van der Waals surface area contributed by atoms with Gasteiger partial charge in [-0.15, -0.1) is 11.3 Å². The van der Waals surface area contributed by atoms with E-state index in [1.807, 2.05) is 46.7 Å². The Morgan fingerprint density at radius 2 is 2.17 bits per heavy atom. The van der Waals surface area contributed by atoms with Crippen LogP contribution in [-0.4, -0.2) is 7.05 Å². The van der Waals surface area contributed by atoms with E-state index in [0.717, 1.165) is 9.21 Å². The van der Waals surface area contributed by atoms with Crippen molar-refractivity contribution in [1.29, 1.82) is 0 Å². The lowest BCUT2D eigenvalue weighted by Gasteiger charge is -2.20. The van der Waals surface area contributed by atoms with Crippen molar-refractivity contribution in [1.82, 2.24) is 0 Å². The van der Waals surface area contributed by atoms with Crippen LogP contribution in [0.25, 0.3) is 0 Å². The van der Waals surface area contributed by atoms with Gasteiger partial charge in [-0.3, -0.25) is 0 Å². The highest BCUT2D eigenvalue weighted by molar-refractivity contribution is 14.1. The molecule has 6 heteroatoms. The van der Waals surface area contributed by atoms with Crippen molar-refractivity contribution < 1.29 is 4.39 Å².